The van der Waals surface area contributed by atoms with Crippen molar-refractivity contribution in [3.63, 3.8) is 0 Å². The molecule has 1 heterocycles. The highest BCUT2D eigenvalue weighted by Crippen LogP contribution is 2.34. The monoisotopic (exact) mass is 329 g/mol. The molecule has 0 bridgehead atoms. The summed E-state index contributed by atoms with van der Waals surface area (Å²) in [5.41, 5.74) is 1.24. The van der Waals surface area contributed by atoms with Crippen LogP contribution in [0.3, 0.4) is 0 Å². The van der Waals surface area contributed by atoms with Crippen LogP contribution < -0.4 is 9.64 Å². The molecule has 6 heteroatoms. The molecule has 0 saturated heterocycles. The third-order valence-corrected chi connectivity index (χ3v) is 4.12. The lowest BCUT2D eigenvalue weighted by Gasteiger charge is -2.24. The minimum absolute atomic E-state index is 0.116. The van der Waals surface area contributed by atoms with Gasteiger partial charge in [-0.2, -0.15) is 5.26 Å². The number of aromatic nitrogens is 1. The molecule has 0 unspecified atom stereocenters. The first-order valence-electron chi connectivity index (χ1n) is 7.31. The lowest BCUT2D eigenvalue weighted by molar-refractivity contribution is 0.373. The zero-order valence-electron chi connectivity index (χ0n) is 12.7. The number of nitrogens with zero attached hydrogens (tertiary/aromatic N) is 3. The summed E-state index contributed by atoms with van der Waals surface area (Å²) in [6, 6.07) is 11.3. The van der Waals surface area contributed by atoms with E-state index in [9.17, 15) is 5.11 Å². The Morgan fingerprint density at radius 3 is 2.83 bits per heavy atom. The number of methoxy groups -OCH3 is 1. The van der Waals surface area contributed by atoms with Gasteiger partial charge in [0.1, 0.15) is 11.9 Å². The van der Waals surface area contributed by atoms with Gasteiger partial charge in [0.15, 0.2) is 17.2 Å². The number of rotatable bonds is 5. The van der Waals surface area contributed by atoms with E-state index in [2.05, 4.69) is 9.88 Å². The molecule has 1 fully saturated rings. The Kier molecular flexibility index (Phi) is 4.26. The Morgan fingerprint density at radius 1 is 1.39 bits per heavy atom. The second kappa shape index (κ2) is 6.35. The van der Waals surface area contributed by atoms with Crippen LogP contribution in [0.4, 0.5) is 5.82 Å². The molecule has 0 amide bonds. The standard InChI is InChI=1S/C17H16ClN3O2/c1-23-16-8-11(2-6-15(16)22)10-21(12-3-4-12)17-7-5-13(18)14(9-19)20-17/h2,5-8,12,22H,3-4,10H2,1H3. The highest BCUT2D eigenvalue weighted by molar-refractivity contribution is 6.31. The van der Waals surface area contributed by atoms with Crippen LogP contribution in [0.1, 0.15) is 24.1 Å². The van der Waals surface area contributed by atoms with Crippen LogP contribution >= 0.6 is 11.6 Å². The van der Waals surface area contributed by atoms with Crippen molar-refractivity contribution in [2.24, 2.45) is 0 Å². The number of hydrogen-bond donors (Lipinski definition) is 1. The van der Waals surface area contributed by atoms with Crippen molar-refractivity contribution in [1.29, 1.82) is 5.26 Å². The lowest BCUT2D eigenvalue weighted by Crippen LogP contribution is -2.26. The first-order chi connectivity index (χ1) is 11.1. The molecule has 1 N–H and O–H groups in total. The smallest absolute Gasteiger partial charge is 0.161 e. The van der Waals surface area contributed by atoms with Gasteiger partial charge in [0.25, 0.3) is 0 Å². The molecule has 5 nitrogen and oxygen atoms in total. The maximum Gasteiger partial charge on any atom is 0.161 e. The summed E-state index contributed by atoms with van der Waals surface area (Å²) in [7, 11) is 1.53. The molecule has 0 atom stereocenters. The van der Waals surface area contributed by atoms with Crippen molar-refractivity contribution < 1.29 is 9.84 Å². The average molecular weight is 330 g/mol. The number of anilines is 1. The minimum atomic E-state index is 0.116. The zero-order valence-corrected chi connectivity index (χ0v) is 13.4. The van der Waals surface area contributed by atoms with Crippen LogP contribution in [0, 0.1) is 11.3 Å². The maximum atomic E-state index is 9.70. The topological polar surface area (TPSA) is 69.4 Å². The predicted octanol–water partition coefficient (Wildman–Crippen LogP) is 3.49. The van der Waals surface area contributed by atoms with Crippen LogP contribution in [-0.4, -0.2) is 23.2 Å². The molecule has 0 radical (unpaired) electrons. The van der Waals surface area contributed by atoms with Crippen molar-refractivity contribution in [3.05, 3.63) is 46.6 Å². The van der Waals surface area contributed by atoms with Gasteiger partial charge in [-0.3, -0.25) is 0 Å². The zero-order chi connectivity index (χ0) is 16.4. The second-order valence-electron chi connectivity index (χ2n) is 5.48. The number of halogens is 1. The summed E-state index contributed by atoms with van der Waals surface area (Å²) in [5.74, 6) is 1.30. The van der Waals surface area contributed by atoms with Gasteiger partial charge in [0.2, 0.25) is 0 Å². The molecule has 0 spiro atoms. The van der Waals surface area contributed by atoms with E-state index in [1.54, 1.807) is 12.1 Å². The fraction of sp³-hybridized carbons (Fsp3) is 0.294. The SMILES string of the molecule is COc1cc(CN(c2ccc(Cl)c(C#N)n2)C2CC2)ccc1O. The first kappa shape index (κ1) is 15.4. The van der Waals surface area contributed by atoms with Gasteiger partial charge in [0.05, 0.1) is 12.1 Å². The van der Waals surface area contributed by atoms with Crippen molar-refractivity contribution in [1.82, 2.24) is 4.98 Å². The van der Waals surface area contributed by atoms with E-state index >= 15 is 0 Å². The number of ether oxygens (including phenoxy) is 1. The number of nitriles is 1. The Morgan fingerprint density at radius 2 is 2.17 bits per heavy atom. The van der Waals surface area contributed by atoms with Crippen molar-refractivity contribution in [2.45, 2.75) is 25.4 Å². The molecule has 3 rings (SSSR count). The number of pyridine rings is 1. The van der Waals surface area contributed by atoms with Crippen LogP contribution in [0.2, 0.25) is 5.02 Å². The van der Waals surface area contributed by atoms with E-state index in [0.29, 0.717) is 23.4 Å². The van der Waals surface area contributed by atoms with Crippen LogP contribution in [-0.2, 0) is 6.54 Å². The van der Waals surface area contributed by atoms with Gasteiger partial charge < -0.3 is 14.7 Å². The third-order valence-electron chi connectivity index (χ3n) is 3.82. The van der Waals surface area contributed by atoms with Gasteiger partial charge in [-0.15, -0.1) is 0 Å². The molecule has 1 aromatic heterocycles. The van der Waals surface area contributed by atoms with Gasteiger partial charge in [-0.1, -0.05) is 17.7 Å². The Bertz CT molecular complexity index is 769. The molecule has 1 aliphatic carbocycles. The van der Waals surface area contributed by atoms with Crippen LogP contribution in [0.15, 0.2) is 30.3 Å². The summed E-state index contributed by atoms with van der Waals surface area (Å²) < 4.78 is 5.16. The van der Waals surface area contributed by atoms with Crippen LogP contribution in [0.25, 0.3) is 0 Å². The number of hydrogen-bond acceptors (Lipinski definition) is 5. The molecule has 23 heavy (non-hydrogen) atoms. The minimum Gasteiger partial charge on any atom is -0.504 e. The summed E-state index contributed by atoms with van der Waals surface area (Å²) >= 11 is 5.97. The van der Waals surface area contributed by atoms with Crippen molar-refractivity contribution in [2.75, 3.05) is 12.0 Å². The number of phenols is 1. The molecule has 1 aromatic carbocycles. The Labute approximate surface area is 139 Å². The van der Waals surface area contributed by atoms with Gasteiger partial charge in [0, 0.05) is 12.6 Å². The first-order valence-corrected chi connectivity index (χ1v) is 7.69. The van der Waals surface area contributed by atoms with Gasteiger partial charge in [-0.25, -0.2) is 4.98 Å². The highest BCUT2D eigenvalue weighted by atomic mass is 35.5. The Hall–Kier alpha value is -2.45. The average Bonchev–Trinajstić information content (AvgIpc) is 3.39. The van der Waals surface area contributed by atoms with Gasteiger partial charge in [-0.05, 0) is 42.7 Å². The highest BCUT2D eigenvalue weighted by Gasteiger charge is 2.30. The molecule has 2 aromatic rings. The van der Waals surface area contributed by atoms with E-state index in [0.717, 1.165) is 24.2 Å². The maximum absolute atomic E-state index is 9.70. The molecular weight excluding hydrogens is 314 g/mol. The predicted molar refractivity (Wildman–Crippen MR) is 87.8 cm³/mol. The number of aromatic hydroxyl groups is 1. The van der Waals surface area contributed by atoms with E-state index in [1.165, 1.54) is 7.11 Å². The number of phenolic OH excluding ortho intramolecular Hbond substituents is 1. The van der Waals surface area contributed by atoms with E-state index < -0.39 is 0 Å². The Balaban J connectivity index is 1.90. The van der Waals surface area contributed by atoms with E-state index in [4.69, 9.17) is 21.6 Å². The molecular formula is C17H16ClN3O2. The molecule has 0 aliphatic heterocycles. The molecule has 1 aliphatic rings. The molecule has 118 valence electrons. The summed E-state index contributed by atoms with van der Waals surface area (Å²) in [5, 5.41) is 19.2. The summed E-state index contributed by atoms with van der Waals surface area (Å²) in [4.78, 5) is 6.52. The second-order valence-corrected chi connectivity index (χ2v) is 5.88. The fourth-order valence-electron chi connectivity index (χ4n) is 2.47. The quantitative estimate of drug-likeness (QED) is 0.909. The summed E-state index contributed by atoms with van der Waals surface area (Å²) in [6.45, 7) is 0.626. The van der Waals surface area contributed by atoms with E-state index in [1.807, 2.05) is 24.3 Å². The largest absolute Gasteiger partial charge is 0.504 e. The lowest BCUT2D eigenvalue weighted by atomic mass is 10.2. The van der Waals surface area contributed by atoms with Crippen molar-refractivity contribution in [3.8, 4) is 17.6 Å². The fourth-order valence-corrected chi connectivity index (χ4v) is 2.62. The summed E-state index contributed by atoms with van der Waals surface area (Å²) in [6.07, 6.45) is 2.20. The number of benzene rings is 1. The normalized spacial score (nSPS) is 13.4. The van der Waals surface area contributed by atoms with E-state index in [-0.39, 0.29) is 11.4 Å². The van der Waals surface area contributed by atoms with Crippen LogP contribution in [0.5, 0.6) is 11.5 Å². The van der Waals surface area contributed by atoms with Gasteiger partial charge >= 0.3 is 0 Å². The van der Waals surface area contributed by atoms with Crippen molar-refractivity contribution >= 4 is 17.4 Å². The third kappa shape index (κ3) is 3.33. The molecule has 1 saturated carbocycles.